The molecule has 78 valence electrons. The molecule has 1 heterocycles. The van der Waals surface area contributed by atoms with Gasteiger partial charge in [-0.1, -0.05) is 12.8 Å². The summed E-state index contributed by atoms with van der Waals surface area (Å²) in [6, 6.07) is 3.80. The van der Waals surface area contributed by atoms with Crippen molar-refractivity contribution in [3.05, 3.63) is 18.3 Å². The number of hydrogen-bond donors (Lipinski definition) is 1. The standard InChI is InChI=1S/C10H16ClN3/c11-7-3-1-2-4-8-12-10-6-5-9-13-14-10/h5-6,9H,1-4,7-8H2,(H,12,14). The molecular formula is C10H16ClN3. The van der Waals surface area contributed by atoms with Crippen molar-refractivity contribution in [1.82, 2.24) is 10.2 Å². The van der Waals surface area contributed by atoms with Crippen LogP contribution in [0.2, 0.25) is 0 Å². The van der Waals surface area contributed by atoms with Gasteiger partial charge < -0.3 is 5.32 Å². The van der Waals surface area contributed by atoms with Crippen LogP contribution in [0, 0.1) is 0 Å². The number of alkyl halides is 1. The number of nitrogens with one attached hydrogen (secondary N) is 1. The Hall–Kier alpha value is -0.830. The molecule has 0 amide bonds. The van der Waals surface area contributed by atoms with Crippen LogP contribution >= 0.6 is 11.6 Å². The first-order valence-electron chi connectivity index (χ1n) is 5.01. The molecule has 0 bridgehead atoms. The van der Waals surface area contributed by atoms with Crippen molar-refractivity contribution in [3.8, 4) is 0 Å². The second-order valence-corrected chi connectivity index (χ2v) is 3.52. The van der Waals surface area contributed by atoms with E-state index in [1.165, 1.54) is 12.8 Å². The molecule has 0 spiro atoms. The number of rotatable bonds is 7. The molecule has 0 fully saturated rings. The van der Waals surface area contributed by atoms with Gasteiger partial charge in [0.2, 0.25) is 0 Å². The van der Waals surface area contributed by atoms with Crippen molar-refractivity contribution in [1.29, 1.82) is 0 Å². The van der Waals surface area contributed by atoms with E-state index in [2.05, 4.69) is 15.5 Å². The topological polar surface area (TPSA) is 37.8 Å². The smallest absolute Gasteiger partial charge is 0.148 e. The molecule has 0 aliphatic carbocycles. The monoisotopic (exact) mass is 213 g/mol. The Morgan fingerprint density at radius 3 is 2.79 bits per heavy atom. The van der Waals surface area contributed by atoms with Crippen LogP contribution in [0.5, 0.6) is 0 Å². The summed E-state index contributed by atoms with van der Waals surface area (Å²) in [6.07, 6.45) is 6.39. The van der Waals surface area contributed by atoms with E-state index in [1.807, 2.05) is 12.1 Å². The van der Waals surface area contributed by atoms with Gasteiger partial charge in [0.25, 0.3) is 0 Å². The second kappa shape index (κ2) is 7.56. The zero-order valence-electron chi connectivity index (χ0n) is 8.25. The molecule has 0 aliphatic heterocycles. The van der Waals surface area contributed by atoms with Gasteiger partial charge in [-0.2, -0.15) is 5.10 Å². The molecule has 0 aromatic carbocycles. The Morgan fingerprint density at radius 2 is 2.07 bits per heavy atom. The van der Waals surface area contributed by atoms with Crippen LogP contribution in [0.3, 0.4) is 0 Å². The molecule has 1 aromatic rings. The van der Waals surface area contributed by atoms with Crippen LogP contribution in [-0.4, -0.2) is 22.6 Å². The quantitative estimate of drug-likeness (QED) is 0.559. The van der Waals surface area contributed by atoms with E-state index in [1.54, 1.807) is 6.20 Å². The number of anilines is 1. The molecule has 1 aromatic heterocycles. The summed E-state index contributed by atoms with van der Waals surface area (Å²) in [5.41, 5.74) is 0. The molecule has 0 atom stereocenters. The summed E-state index contributed by atoms with van der Waals surface area (Å²) < 4.78 is 0. The summed E-state index contributed by atoms with van der Waals surface area (Å²) in [7, 11) is 0. The highest BCUT2D eigenvalue weighted by Crippen LogP contribution is 2.02. The van der Waals surface area contributed by atoms with Crippen molar-refractivity contribution in [3.63, 3.8) is 0 Å². The Bertz CT molecular complexity index is 228. The zero-order chi connectivity index (χ0) is 10.1. The average Bonchev–Trinajstić information content (AvgIpc) is 2.25. The van der Waals surface area contributed by atoms with E-state index in [9.17, 15) is 0 Å². The molecule has 14 heavy (non-hydrogen) atoms. The van der Waals surface area contributed by atoms with E-state index < -0.39 is 0 Å². The molecule has 1 N–H and O–H groups in total. The molecule has 0 unspecified atom stereocenters. The first kappa shape index (κ1) is 11.2. The van der Waals surface area contributed by atoms with E-state index >= 15 is 0 Å². The van der Waals surface area contributed by atoms with Gasteiger partial charge in [-0.15, -0.1) is 16.7 Å². The largest absolute Gasteiger partial charge is 0.369 e. The minimum absolute atomic E-state index is 0.775. The lowest BCUT2D eigenvalue weighted by molar-refractivity contribution is 0.686. The zero-order valence-corrected chi connectivity index (χ0v) is 9.00. The van der Waals surface area contributed by atoms with E-state index in [0.717, 1.165) is 31.1 Å². The van der Waals surface area contributed by atoms with E-state index in [-0.39, 0.29) is 0 Å². The summed E-state index contributed by atoms with van der Waals surface area (Å²) in [6.45, 7) is 0.959. The summed E-state index contributed by atoms with van der Waals surface area (Å²) in [5, 5.41) is 10.9. The van der Waals surface area contributed by atoms with Crippen LogP contribution in [0.1, 0.15) is 25.7 Å². The molecule has 0 aliphatic rings. The second-order valence-electron chi connectivity index (χ2n) is 3.14. The van der Waals surface area contributed by atoms with Crippen molar-refractivity contribution in [2.24, 2.45) is 0 Å². The summed E-state index contributed by atoms with van der Waals surface area (Å²) >= 11 is 5.58. The van der Waals surface area contributed by atoms with Gasteiger partial charge in [-0.25, -0.2) is 0 Å². The third-order valence-electron chi connectivity index (χ3n) is 1.94. The maximum absolute atomic E-state index is 5.58. The van der Waals surface area contributed by atoms with Gasteiger partial charge in [0.1, 0.15) is 5.82 Å². The summed E-state index contributed by atoms with van der Waals surface area (Å²) in [4.78, 5) is 0. The SMILES string of the molecule is ClCCCCCCNc1cccnn1. The number of hydrogen-bond acceptors (Lipinski definition) is 3. The minimum atomic E-state index is 0.775. The van der Waals surface area contributed by atoms with E-state index in [0.29, 0.717) is 0 Å². The fourth-order valence-corrected chi connectivity index (χ4v) is 1.37. The third-order valence-corrected chi connectivity index (χ3v) is 2.21. The summed E-state index contributed by atoms with van der Waals surface area (Å²) in [5.74, 6) is 1.63. The third kappa shape index (κ3) is 5.02. The normalized spacial score (nSPS) is 10.1. The molecule has 4 heteroatoms. The average molecular weight is 214 g/mol. The highest BCUT2D eigenvalue weighted by atomic mass is 35.5. The molecule has 0 radical (unpaired) electrons. The minimum Gasteiger partial charge on any atom is -0.369 e. The number of aromatic nitrogens is 2. The lowest BCUT2D eigenvalue weighted by atomic mass is 10.2. The Labute approximate surface area is 89.9 Å². The van der Waals surface area contributed by atoms with Crippen molar-refractivity contribution >= 4 is 17.4 Å². The maximum Gasteiger partial charge on any atom is 0.148 e. The van der Waals surface area contributed by atoms with Crippen molar-refractivity contribution in [2.75, 3.05) is 17.7 Å². The van der Waals surface area contributed by atoms with Gasteiger partial charge in [0.15, 0.2) is 0 Å². The Morgan fingerprint density at radius 1 is 1.21 bits per heavy atom. The Balaban J connectivity index is 1.99. The fraction of sp³-hybridized carbons (Fsp3) is 0.600. The van der Waals surface area contributed by atoms with Crippen molar-refractivity contribution in [2.45, 2.75) is 25.7 Å². The maximum atomic E-state index is 5.58. The molecular weight excluding hydrogens is 198 g/mol. The first-order valence-corrected chi connectivity index (χ1v) is 5.54. The van der Waals surface area contributed by atoms with Gasteiger partial charge in [0.05, 0.1) is 0 Å². The Kier molecular flexibility index (Phi) is 6.07. The van der Waals surface area contributed by atoms with Gasteiger partial charge in [-0.05, 0) is 25.0 Å². The highest BCUT2D eigenvalue weighted by Gasteiger charge is 1.92. The molecule has 0 saturated heterocycles. The van der Waals surface area contributed by atoms with Gasteiger partial charge in [-0.3, -0.25) is 0 Å². The predicted octanol–water partition coefficient (Wildman–Crippen LogP) is 2.69. The molecule has 0 saturated carbocycles. The van der Waals surface area contributed by atoms with Gasteiger partial charge >= 0.3 is 0 Å². The predicted molar refractivity (Wildman–Crippen MR) is 59.7 cm³/mol. The van der Waals surface area contributed by atoms with E-state index in [4.69, 9.17) is 11.6 Å². The van der Waals surface area contributed by atoms with Crippen LogP contribution in [0.25, 0.3) is 0 Å². The van der Waals surface area contributed by atoms with Gasteiger partial charge in [0, 0.05) is 18.6 Å². The molecule has 1 rings (SSSR count). The number of halogens is 1. The lowest BCUT2D eigenvalue weighted by Gasteiger charge is -2.03. The lowest BCUT2D eigenvalue weighted by Crippen LogP contribution is -2.03. The van der Waals surface area contributed by atoms with Crippen molar-refractivity contribution < 1.29 is 0 Å². The van der Waals surface area contributed by atoms with Crippen LogP contribution in [-0.2, 0) is 0 Å². The van der Waals surface area contributed by atoms with Crippen LogP contribution < -0.4 is 5.32 Å². The fourth-order valence-electron chi connectivity index (χ4n) is 1.19. The number of nitrogens with zero attached hydrogens (tertiary/aromatic N) is 2. The first-order chi connectivity index (χ1) is 6.93. The highest BCUT2D eigenvalue weighted by molar-refractivity contribution is 6.17. The van der Waals surface area contributed by atoms with Crippen LogP contribution in [0.4, 0.5) is 5.82 Å². The number of unbranched alkanes of at least 4 members (excludes halogenated alkanes) is 3. The van der Waals surface area contributed by atoms with Crippen LogP contribution in [0.15, 0.2) is 18.3 Å². The molecule has 3 nitrogen and oxygen atoms in total.